The Kier molecular flexibility index (Phi) is 4.51. The molecule has 1 aromatic carbocycles. The lowest BCUT2D eigenvalue weighted by Crippen LogP contribution is -2.30. The highest BCUT2D eigenvalue weighted by atomic mass is 19.4. The molecule has 7 heteroatoms. The average molecular weight is 304 g/mol. The molecule has 1 aliphatic heterocycles. The van der Waals surface area contributed by atoms with Crippen LogP contribution < -0.4 is 5.73 Å². The smallest absolute Gasteiger partial charge is 0.338 e. The minimum atomic E-state index is -4.60. The van der Waals surface area contributed by atoms with Crippen molar-refractivity contribution in [2.75, 3.05) is 19.6 Å². The Balaban J connectivity index is 2.20. The van der Waals surface area contributed by atoms with E-state index in [2.05, 4.69) is 0 Å². The van der Waals surface area contributed by atoms with Crippen molar-refractivity contribution in [2.24, 2.45) is 11.7 Å². The minimum absolute atomic E-state index is 0.229. The predicted octanol–water partition coefficient (Wildman–Crippen LogP) is 2.66. The largest absolute Gasteiger partial charge is 0.416 e. The standard InChI is InChI=1S/C14H16F4N2O/c15-12-2-1-10(14(16,17)18)7-11(12)13(21)20-6-4-9(8-20)3-5-19/h1-2,7,9H,3-6,8,19H2. The summed E-state index contributed by atoms with van der Waals surface area (Å²) in [6, 6.07) is 1.89. The molecule has 0 saturated carbocycles. The molecule has 3 nitrogen and oxygen atoms in total. The summed E-state index contributed by atoms with van der Waals surface area (Å²) in [5.41, 5.74) is 3.89. The van der Waals surface area contributed by atoms with Crippen molar-refractivity contribution in [1.29, 1.82) is 0 Å². The van der Waals surface area contributed by atoms with Crippen LogP contribution in [0.3, 0.4) is 0 Å². The van der Waals surface area contributed by atoms with Gasteiger partial charge in [-0.25, -0.2) is 4.39 Å². The third-order valence-electron chi connectivity index (χ3n) is 3.67. The maximum atomic E-state index is 13.7. The molecular weight excluding hydrogens is 288 g/mol. The summed E-state index contributed by atoms with van der Waals surface area (Å²) in [7, 11) is 0. The lowest BCUT2D eigenvalue weighted by Gasteiger charge is -2.18. The van der Waals surface area contributed by atoms with Crippen molar-refractivity contribution in [1.82, 2.24) is 4.90 Å². The fraction of sp³-hybridized carbons (Fsp3) is 0.500. The molecule has 0 bridgehead atoms. The van der Waals surface area contributed by atoms with E-state index in [0.29, 0.717) is 37.8 Å². The quantitative estimate of drug-likeness (QED) is 0.873. The fourth-order valence-corrected chi connectivity index (χ4v) is 2.52. The third-order valence-corrected chi connectivity index (χ3v) is 3.67. The van der Waals surface area contributed by atoms with Crippen LogP contribution in [-0.2, 0) is 6.18 Å². The van der Waals surface area contributed by atoms with Crippen molar-refractivity contribution in [3.63, 3.8) is 0 Å². The van der Waals surface area contributed by atoms with Gasteiger partial charge in [0.2, 0.25) is 0 Å². The monoisotopic (exact) mass is 304 g/mol. The zero-order valence-corrected chi connectivity index (χ0v) is 11.3. The van der Waals surface area contributed by atoms with Crippen LogP contribution in [-0.4, -0.2) is 30.4 Å². The first-order valence-electron chi connectivity index (χ1n) is 6.69. The van der Waals surface area contributed by atoms with Crippen LogP contribution in [0.1, 0.15) is 28.8 Å². The molecule has 1 heterocycles. The summed E-state index contributed by atoms with van der Waals surface area (Å²) in [5.74, 6) is -1.40. The number of alkyl halides is 3. The molecule has 1 atom stereocenters. The van der Waals surface area contributed by atoms with Crippen LogP contribution >= 0.6 is 0 Å². The molecule has 1 amide bonds. The molecule has 1 fully saturated rings. The number of carbonyl (C=O) groups excluding carboxylic acids is 1. The molecule has 21 heavy (non-hydrogen) atoms. The lowest BCUT2D eigenvalue weighted by atomic mass is 10.1. The van der Waals surface area contributed by atoms with Gasteiger partial charge in [-0.1, -0.05) is 0 Å². The normalized spacial score (nSPS) is 19.1. The Bertz CT molecular complexity index is 530. The van der Waals surface area contributed by atoms with Crippen LogP contribution in [0.4, 0.5) is 17.6 Å². The summed E-state index contributed by atoms with van der Waals surface area (Å²) < 4.78 is 51.6. The number of carbonyl (C=O) groups is 1. The van der Waals surface area contributed by atoms with Gasteiger partial charge in [-0.3, -0.25) is 4.79 Å². The van der Waals surface area contributed by atoms with Gasteiger partial charge in [0.1, 0.15) is 5.82 Å². The van der Waals surface area contributed by atoms with Crippen molar-refractivity contribution >= 4 is 5.91 Å². The molecule has 1 aromatic rings. The number of nitrogens with two attached hydrogens (primary N) is 1. The van der Waals surface area contributed by atoms with Crippen molar-refractivity contribution in [2.45, 2.75) is 19.0 Å². The van der Waals surface area contributed by atoms with E-state index >= 15 is 0 Å². The second-order valence-electron chi connectivity index (χ2n) is 5.18. The Hall–Kier alpha value is -1.63. The van der Waals surface area contributed by atoms with Gasteiger partial charge in [0, 0.05) is 13.1 Å². The van der Waals surface area contributed by atoms with Crippen LogP contribution in [0.2, 0.25) is 0 Å². The number of hydrogen-bond acceptors (Lipinski definition) is 2. The minimum Gasteiger partial charge on any atom is -0.338 e. The van der Waals surface area contributed by atoms with Crippen LogP contribution in [0.15, 0.2) is 18.2 Å². The van der Waals surface area contributed by atoms with Gasteiger partial charge in [-0.05, 0) is 43.5 Å². The number of amides is 1. The van der Waals surface area contributed by atoms with Crippen LogP contribution in [0.25, 0.3) is 0 Å². The molecule has 2 N–H and O–H groups in total. The van der Waals surface area contributed by atoms with Gasteiger partial charge in [0.05, 0.1) is 11.1 Å². The van der Waals surface area contributed by atoms with Crippen LogP contribution in [0, 0.1) is 11.7 Å². The second kappa shape index (κ2) is 6.01. The molecule has 116 valence electrons. The summed E-state index contributed by atoms with van der Waals surface area (Å²) in [6.45, 7) is 1.32. The average Bonchev–Trinajstić information content (AvgIpc) is 2.86. The Labute approximate surface area is 119 Å². The molecular formula is C14H16F4N2O. The molecule has 1 aliphatic rings. The molecule has 0 radical (unpaired) electrons. The SMILES string of the molecule is NCCC1CCN(C(=O)c2cc(C(F)(F)F)ccc2F)C1. The maximum absolute atomic E-state index is 13.7. The molecule has 1 saturated heterocycles. The topological polar surface area (TPSA) is 46.3 Å². The van der Waals surface area contributed by atoms with Gasteiger partial charge in [0.15, 0.2) is 0 Å². The highest BCUT2D eigenvalue weighted by Gasteiger charge is 2.33. The Morgan fingerprint density at radius 2 is 2.10 bits per heavy atom. The summed E-state index contributed by atoms with van der Waals surface area (Å²) >= 11 is 0. The molecule has 0 aliphatic carbocycles. The van der Waals surface area contributed by atoms with Crippen molar-refractivity contribution in [3.05, 3.63) is 35.1 Å². The van der Waals surface area contributed by atoms with E-state index in [-0.39, 0.29) is 5.92 Å². The first-order chi connectivity index (χ1) is 9.82. The van der Waals surface area contributed by atoms with Gasteiger partial charge in [0.25, 0.3) is 5.91 Å². The lowest BCUT2D eigenvalue weighted by molar-refractivity contribution is -0.137. The van der Waals surface area contributed by atoms with E-state index in [9.17, 15) is 22.4 Å². The zero-order chi connectivity index (χ0) is 15.6. The molecule has 0 aromatic heterocycles. The van der Waals surface area contributed by atoms with Gasteiger partial charge >= 0.3 is 6.18 Å². The number of halogens is 4. The van der Waals surface area contributed by atoms with Crippen molar-refractivity contribution in [3.8, 4) is 0 Å². The summed E-state index contributed by atoms with van der Waals surface area (Å²) in [6.07, 6.45) is -3.12. The third kappa shape index (κ3) is 3.53. The Morgan fingerprint density at radius 3 is 2.71 bits per heavy atom. The first-order valence-corrected chi connectivity index (χ1v) is 6.69. The molecule has 2 rings (SSSR count). The maximum Gasteiger partial charge on any atom is 0.416 e. The van der Waals surface area contributed by atoms with Crippen molar-refractivity contribution < 1.29 is 22.4 Å². The summed E-state index contributed by atoms with van der Waals surface area (Å²) in [4.78, 5) is 13.6. The highest BCUT2D eigenvalue weighted by molar-refractivity contribution is 5.94. The molecule has 1 unspecified atom stereocenters. The number of nitrogens with zero attached hydrogens (tertiary/aromatic N) is 1. The van der Waals surface area contributed by atoms with E-state index in [1.807, 2.05) is 0 Å². The fourth-order valence-electron chi connectivity index (χ4n) is 2.52. The van der Waals surface area contributed by atoms with Gasteiger partial charge in [-0.2, -0.15) is 13.2 Å². The molecule has 0 spiro atoms. The van der Waals surface area contributed by atoms with E-state index in [4.69, 9.17) is 5.73 Å². The Morgan fingerprint density at radius 1 is 1.38 bits per heavy atom. The van der Waals surface area contributed by atoms with Gasteiger partial charge in [-0.15, -0.1) is 0 Å². The second-order valence-corrected chi connectivity index (χ2v) is 5.18. The van der Waals surface area contributed by atoms with Gasteiger partial charge < -0.3 is 10.6 Å². The number of benzene rings is 1. The van der Waals surface area contributed by atoms with E-state index in [1.165, 1.54) is 4.90 Å². The van der Waals surface area contributed by atoms with Crippen LogP contribution in [0.5, 0.6) is 0 Å². The number of rotatable bonds is 3. The number of hydrogen-bond donors (Lipinski definition) is 1. The first kappa shape index (κ1) is 15.8. The number of likely N-dealkylation sites (tertiary alicyclic amines) is 1. The van der Waals surface area contributed by atoms with E-state index in [1.54, 1.807) is 0 Å². The van der Waals surface area contributed by atoms with E-state index in [0.717, 1.165) is 12.8 Å². The predicted molar refractivity (Wildman–Crippen MR) is 69.1 cm³/mol. The highest BCUT2D eigenvalue weighted by Crippen LogP contribution is 2.31. The zero-order valence-electron chi connectivity index (χ0n) is 11.3. The summed E-state index contributed by atoms with van der Waals surface area (Å²) in [5, 5.41) is 0. The van der Waals surface area contributed by atoms with E-state index < -0.39 is 29.0 Å².